The summed E-state index contributed by atoms with van der Waals surface area (Å²) in [5.41, 5.74) is -0.325. The van der Waals surface area contributed by atoms with Gasteiger partial charge >= 0.3 is 5.97 Å². The molecule has 122 valence electrons. The van der Waals surface area contributed by atoms with E-state index in [2.05, 4.69) is 21.2 Å². The molecule has 1 aromatic carbocycles. The minimum absolute atomic E-state index is 0.287. The molecule has 0 saturated heterocycles. The summed E-state index contributed by atoms with van der Waals surface area (Å²) in [6, 6.07) is 4.94. The third-order valence-electron chi connectivity index (χ3n) is 2.97. The first-order valence-corrected chi connectivity index (χ1v) is 7.95. The van der Waals surface area contributed by atoms with Gasteiger partial charge in [0.05, 0.1) is 4.47 Å². The van der Waals surface area contributed by atoms with Crippen molar-refractivity contribution in [2.75, 3.05) is 13.2 Å². The van der Waals surface area contributed by atoms with E-state index in [1.807, 2.05) is 20.8 Å². The number of esters is 1. The molecule has 0 heterocycles. The van der Waals surface area contributed by atoms with E-state index in [4.69, 9.17) is 21.1 Å². The van der Waals surface area contributed by atoms with E-state index in [9.17, 15) is 9.59 Å². The van der Waals surface area contributed by atoms with Crippen molar-refractivity contribution in [2.45, 2.75) is 32.7 Å². The predicted molar refractivity (Wildman–Crippen MR) is 88.1 cm³/mol. The highest BCUT2D eigenvalue weighted by Gasteiger charge is 2.18. The first-order chi connectivity index (χ1) is 10.2. The van der Waals surface area contributed by atoms with Gasteiger partial charge in [-0.25, -0.2) is 4.79 Å². The zero-order chi connectivity index (χ0) is 16.8. The van der Waals surface area contributed by atoms with Gasteiger partial charge in [-0.3, -0.25) is 4.79 Å². The van der Waals surface area contributed by atoms with Crippen LogP contribution in [0.3, 0.4) is 0 Å². The highest BCUT2D eigenvalue weighted by atomic mass is 79.9. The molecule has 0 spiro atoms. The Morgan fingerprint density at radius 3 is 2.59 bits per heavy atom. The number of carbonyl (C=O) groups is 2. The fraction of sp³-hybridized carbons (Fsp3) is 0.467. The minimum atomic E-state index is -0.619. The Balaban J connectivity index is 2.36. The topological polar surface area (TPSA) is 64.6 Å². The molecule has 0 aliphatic heterocycles. The van der Waals surface area contributed by atoms with Gasteiger partial charge in [0.25, 0.3) is 5.91 Å². The lowest BCUT2D eigenvalue weighted by Gasteiger charge is -2.24. The number of hydrogen-bond acceptors (Lipinski definition) is 4. The van der Waals surface area contributed by atoms with Crippen molar-refractivity contribution in [3.63, 3.8) is 0 Å². The summed E-state index contributed by atoms with van der Waals surface area (Å²) in [7, 11) is 0. The van der Waals surface area contributed by atoms with Gasteiger partial charge in [0.1, 0.15) is 5.75 Å². The number of amides is 1. The average molecular weight is 393 g/mol. The van der Waals surface area contributed by atoms with Crippen molar-refractivity contribution in [3.05, 3.63) is 27.7 Å². The van der Waals surface area contributed by atoms with Crippen molar-refractivity contribution >= 4 is 39.4 Å². The van der Waals surface area contributed by atoms with E-state index in [1.165, 1.54) is 0 Å². The fourth-order valence-corrected chi connectivity index (χ4v) is 2.22. The van der Waals surface area contributed by atoms with Gasteiger partial charge in [-0.2, -0.15) is 0 Å². The molecule has 0 radical (unpaired) electrons. The standard InChI is InChI=1S/C15H19BrClNO4/c1-4-15(2,3)18-13(19)8-22-14(20)9-21-12-6-5-10(17)7-11(12)16/h5-7H,4,8-9H2,1-3H3,(H,18,19). The van der Waals surface area contributed by atoms with Gasteiger partial charge in [0.15, 0.2) is 13.2 Å². The van der Waals surface area contributed by atoms with Gasteiger partial charge in [-0.15, -0.1) is 0 Å². The number of halogens is 2. The Bertz CT molecular complexity index is 548. The smallest absolute Gasteiger partial charge is 0.344 e. The van der Waals surface area contributed by atoms with Gasteiger partial charge in [-0.1, -0.05) is 18.5 Å². The number of benzene rings is 1. The van der Waals surface area contributed by atoms with Crippen LogP contribution in [0.1, 0.15) is 27.2 Å². The average Bonchev–Trinajstić information content (AvgIpc) is 2.43. The molecule has 0 fully saturated rings. The van der Waals surface area contributed by atoms with Gasteiger partial charge in [0.2, 0.25) is 0 Å². The zero-order valence-electron chi connectivity index (χ0n) is 12.7. The molecule has 1 N–H and O–H groups in total. The summed E-state index contributed by atoms with van der Waals surface area (Å²) in [5, 5.41) is 3.32. The summed E-state index contributed by atoms with van der Waals surface area (Å²) in [6.45, 7) is 5.14. The summed E-state index contributed by atoms with van der Waals surface area (Å²) in [5.74, 6) is -0.489. The molecule has 0 atom stereocenters. The molecule has 5 nitrogen and oxygen atoms in total. The number of nitrogens with one attached hydrogen (secondary N) is 1. The second-order valence-corrected chi connectivity index (χ2v) is 6.60. The number of carbonyl (C=O) groups excluding carboxylic acids is 2. The van der Waals surface area contributed by atoms with Crippen LogP contribution in [0.25, 0.3) is 0 Å². The maximum atomic E-state index is 11.6. The first-order valence-electron chi connectivity index (χ1n) is 6.78. The van der Waals surface area contributed by atoms with Crippen LogP contribution < -0.4 is 10.1 Å². The van der Waals surface area contributed by atoms with Crippen LogP contribution in [0.4, 0.5) is 0 Å². The second kappa shape index (κ2) is 8.39. The van der Waals surface area contributed by atoms with Crippen LogP contribution in [0.2, 0.25) is 5.02 Å². The Labute approximate surface area is 143 Å². The van der Waals surface area contributed by atoms with Crippen LogP contribution in [-0.2, 0) is 14.3 Å². The van der Waals surface area contributed by atoms with E-state index in [0.717, 1.165) is 6.42 Å². The Kier molecular flexibility index (Phi) is 7.16. The van der Waals surface area contributed by atoms with Crippen LogP contribution >= 0.6 is 27.5 Å². The van der Waals surface area contributed by atoms with Crippen molar-refractivity contribution < 1.29 is 19.1 Å². The summed E-state index contributed by atoms with van der Waals surface area (Å²) < 4.78 is 10.8. The molecule has 0 aromatic heterocycles. The first kappa shape index (κ1) is 18.8. The van der Waals surface area contributed by atoms with Crippen LogP contribution in [0.15, 0.2) is 22.7 Å². The predicted octanol–water partition coefficient (Wildman–Crippen LogP) is 3.33. The molecule has 1 amide bonds. The minimum Gasteiger partial charge on any atom is -0.481 e. The zero-order valence-corrected chi connectivity index (χ0v) is 15.1. The second-order valence-electron chi connectivity index (χ2n) is 5.31. The quantitative estimate of drug-likeness (QED) is 0.723. The van der Waals surface area contributed by atoms with Crippen molar-refractivity contribution in [1.29, 1.82) is 0 Å². The van der Waals surface area contributed by atoms with Gasteiger partial charge in [-0.05, 0) is 54.4 Å². The number of hydrogen-bond donors (Lipinski definition) is 1. The molecule has 0 aliphatic carbocycles. The van der Waals surface area contributed by atoms with Gasteiger partial charge < -0.3 is 14.8 Å². The highest BCUT2D eigenvalue weighted by Crippen LogP contribution is 2.27. The maximum Gasteiger partial charge on any atom is 0.344 e. The molecule has 22 heavy (non-hydrogen) atoms. The van der Waals surface area contributed by atoms with E-state index in [0.29, 0.717) is 15.2 Å². The summed E-state index contributed by atoms with van der Waals surface area (Å²) in [4.78, 5) is 23.2. The Hall–Kier alpha value is -1.27. The summed E-state index contributed by atoms with van der Waals surface area (Å²) in [6.07, 6.45) is 0.778. The SMILES string of the molecule is CCC(C)(C)NC(=O)COC(=O)COc1ccc(Cl)cc1Br. The van der Waals surface area contributed by atoms with Crippen LogP contribution in [0.5, 0.6) is 5.75 Å². The van der Waals surface area contributed by atoms with E-state index in [-0.39, 0.29) is 24.7 Å². The third-order valence-corrected chi connectivity index (χ3v) is 3.82. The lowest BCUT2D eigenvalue weighted by Crippen LogP contribution is -2.44. The largest absolute Gasteiger partial charge is 0.481 e. The van der Waals surface area contributed by atoms with E-state index in [1.54, 1.807) is 18.2 Å². The molecule has 0 unspecified atom stereocenters. The van der Waals surface area contributed by atoms with Crippen LogP contribution in [0, 0.1) is 0 Å². The molecule has 0 aliphatic rings. The number of ether oxygens (including phenoxy) is 2. The molecule has 0 bridgehead atoms. The lowest BCUT2D eigenvalue weighted by atomic mass is 10.0. The highest BCUT2D eigenvalue weighted by molar-refractivity contribution is 9.10. The van der Waals surface area contributed by atoms with E-state index >= 15 is 0 Å². The normalized spacial score (nSPS) is 11.0. The van der Waals surface area contributed by atoms with Crippen molar-refractivity contribution in [3.8, 4) is 5.75 Å². The lowest BCUT2D eigenvalue weighted by molar-refractivity contribution is -0.150. The van der Waals surface area contributed by atoms with Crippen molar-refractivity contribution in [2.24, 2.45) is 0 Å². The van der Waals surface area contributed by atoms with Crippen LogP contribution in [-0.4, -0.2) is 30.6 Å². The molecule has 1 rings (SSSR count). The maximum absolute atomic E-state index is 11.6. The molecular formula is C15H19BrClNO4. The number of rotatable bonds is 7. The van der Waals surface area contributed by atoms with Gasteiger partial charge in [0, 0.05) is 10.6 Å². The molecule has 7 heteroatoms. The Morgan fingerprint density at radius 2 is 2.00 bits per heavy atom. The molecule has 0 saturated carbocycles. The van der Waals surface area contributed by atoms with Crippen molar-refractivity contribution in [1.82, 2.24) is 5.32 Å². The Morgan fingerprint density at radius 1 is 1.32 bits per heavy atom. The summed E-state index contributed by atoms with van der Waals surface area (Å²) >= 11 is 9.08. The third kappa shape index (κ3) is 6.66. The molecular weight excluding hydrogens is 374 g/mol. The van der Waals surface area contributed by atoms with E-state index < -0.39 is 5.97 Å². The fourth-order valence-electron chi connectivity index (χ4n) is 1.42. The monoisotopic (exact) mass is 391 g/mol. The molecule has 1 aromatic rings.